The van der Waals surface area contributed by atoms with Crippen molar-refractivity contribution in [2.24, 2.45) is 0 Å². The number of ether oxygens (including phenoxy) is 1. The first kappa shape index (κ1) is 11.9. The second kappa shape index (κ2) is 5.68. The standard InChI is InChI=1S/C13H18N2O2/c1-3-7-15(8-10-16-2)13-11-5-9-17-12(11)4-6-14-13/h4-6,9H,3,7-8,10H2,1-2H3. The smallest absolute Gasteiger partial charge is 0.139 e. The van der Waals surface area contributed by atoms with Gasteiger partial charge in [-0.15, -0.1) is 0 Å². The number of aromatic nitrogens is 1. The summed E-state index contributed by atoms with van der Waals surface area (Å²) in [5.74, 6) is 0.982. The Balaban J connectivity index is 2.30. The molecule has 2 aromatic rings. The Morgan fingerprint density at radius 2 is 2.24 bits per heavy atom. The molecule has 4 nitrogen and oxygen atoms in total. The lowest BCUT2D eigenvalue weighted by Crippen LogP contribution is -2.28. The van der Waals surface area contributed by atoms with E-state index in [-0.39, 0.29) is 0 Å². The van der Waals surface area contributed by atoms with Gasteiger partial charge in [0, 0.05) is 26.4 Å². The summed E-state index contributed by atoms with van der Waals surface area (Å²) < 4.78 is 10.5. The quantitative estimate of drug-likeness (QED) is 0.770. The van der Waals surface area contributed by atoms with Crippen LogP contribution in [0.3, 0.4) is 0 Å². The van der Waals surface area contributed by atoms with Gasteiger partial charge < -0.3 is 14.1 Å². The molecule has 0 aliphatic rings. The second-order valence-corrected chi connectivity index (χ2v) is 3.95. The molecule has 0 aromatic carbocycles. The Morgan fingerprint density at radius 1 is 1.35 bits per heavy atom. The fourth-order valence-corrected chi connectivity index (χ4v) is 1.93. The van der Waals surface area contributed by atoms with Gasteiger partial charge in [-0.25, -0.2) is 4.98 Å². The normalized spacial score (nSPS) is 10.9. The summed E-state index contributed by atoms with van der Waals surface area (Å²) in [6.45, 7) is 4.69. The molecule has 0 fully saturated rings. The van der Waals surface area contributed by atoms with Gasteiger partial charge in [-0.2, -0.15) is 0 Å². The van der Waals surface area contributed by atoms with Gasteiger partial charge in [-0.3, -0.25) is 0 Å². The van der Waals surface area contributed by atoms with Crippen LogP contribution in [0.15, 0.2) is 29.0 Å². The van der Waals surface area contributed by atoms with Gasteiger partial charge in [0.1, 0.15) is 11.4 Å². The number of rotatable bonds is 6. The molecule has 0 saturated carbocycles. The molecule has 0 unspecified atom stereocenters. The van der Waals surface area contributed by atoms with Gasteiger partial charge in [0.05, 0.1) is 18.3 Å². The van der Waals surface area contributed by atoms with Gasteiger partial charge >= 0.3 is 0 Å². The Morgan fingerprint density at radius 3 is 3.00 bits per heavy atom. The van der Waals surface area contributed by atoms with Crippen molar-refractivity contribution < 1.29 is 9.15 Å². The molecule has 0 amide bonds. The van der Waals surface area contributed by atoms with Crippen molar-refractivity contribution in [2.45, 2.75) is 13.3 Å². The van der Waals surface area contributed by atoms with E-state index in [0.717, 1.165) is 36.3 Å². The molecule has 2 heterocycles. The molecule has 0 N–H and O–H groups in total. The molecule has 0 aliphatic heterocycles. The largest absolute Gasteiger partial charge is 0.464 e. The molecule has 0 atom stereocenters. The third-order valence-electron chi connectivity index (χ3n) is 2.72. The van der Waals surface area contributed by atoms with E-state index >= 15 is 0 Å². The fourth-order valence-electron chi connectivity index (χ4n) is 1.93. The summed E-state index contributed by atoms with van der Waals surface area (Å²) in [5.41, 5.74) is 0.883. The van der Waals surface area contributed by atoms with Gasteiger partial charge in [-0.1, -0.05) is 6.92 Å². The lowest BCUT2D eigenvalue weighted by molar-refractivity contribution is 0.205. The minimum absolute atomic E-state index is 0.704. The maximum Gasteiger partial charge on any atom is 0.139 e. The average molecular weight is 234 g/mol. The lowest BCUT2D eigenvalue weighted by atomic mass is 10.3. The van der Waals surface area contributed by atoms with E-state index in [4.69, 9.17) is 9.15 Å². The van der Waals surface area contributed by atoms with Crippen LogP contribution in [0.2, 0.25) is 0 Å². The minimum Gasteiger partial charge on any atom is -0.464 e. The van der Waals surface area contributed by atoms with Crippen molar-refractivity contribution in [3.05, 3.63) is 24.6 Å². The molecule has 17 heavy (non-hydrogen) atoms. The molecule has 0 saturated heterocycles. The number of anilines is 1. The van der Waals surface area contributed by atoms with Crippen LogP contribution in [0, 0.1) is 0 Å². The third-order valence-corrected chi connectivity index (χ3v) is 2.72. The van der Waals surface area contributed by atoms with Crippen molar-refractivity contribution in [1.29, 1.82) is 0 Å². The van der Waals surface area contributed by atoms with E-state index in [1.165, 1.54) is 0 Å². The summed E-state index contributed by atoms with van der Waals surface area (Å²) in [5, 5.41) is 1.07. The highest BCUT2D eigenvalue weighted by Gasteiger charge is 2.11. The summed E-state index contributed by atoms with van der Waals surface area (Å²) in [7, 11) is 1.72. The summed E-state index contributed by atoms with van der Waals surface area (Å²) in [6.07, 6.45) is 4.58. The molecular formula is C13H18N2O2. The minimum atomic E-state index is 0.704. The molecule has 0 aliphatic carbocycles. The number of methoxy groups -OCH3 is 1. The van der Waals surface area contributed by atoms with Crippen LogP contribution in [0.25, 0.3) is 11.0 Å². The third kappa shape index (κ3) is 2.58. The topological polar surface area (TPSA) is 38.5 Å². The summed E-state index contributed by atoms with van der Waals surface area (Å²) in [6, 6.07) is 3.85. The number of hydrogen-bond donors (Lipinski definition) is 0. The second-order valence-electron chi connectivity index (χ2n) is 3.95. The fraction of sp³-hybridized carbons (Fsp3) is 0.462. The van der Waals surface area contributed by atoms with E-state index in [9.17, 15) is 0 Å². The lowest BCUT2D eigenvalue weighted by Gasteiger charge is -2.23. The predicted molar refractivity (Wildman–Crippen MR) is 68.4 cm³/mol. The van der Waals surface area contributed by atoms with Crippen molar-refractivity contribution in [1.82, 2.24) is 4.98 Å². The highest BCUT2D eigenvalue weighted by molar-refractivity contribution is 5.88. The van der Waals surface area contributed by atoms with Crippen molar-refractivity contribution in [3.8, 4) is 0 Å². The first-order valence-electron chi connectivity index (χ1n) is 5.93. The number of pyridine rings is 1. The molecule has 0 bridgehead atoms. The monoisotopic (exact) mass is 234 g/mol. The number of fused-ring (bicyclic) bond motifs is 1. The average Bonchev–Trinajstić information content (AvgIpc) is 2.82. The van der Waals surface area contributed by atoms with E-state index in [0.29, 0.717) is 6.61 Å². The van der Waals surface area contributed by atoms with Gasteiger partial charge in [0.15, 0.2) is 0 Å². The Bertz CT molecular complexity index is 467. The molecule has 0 radical (unpaired) electrons. The molecule has 2 aromatic heterocycles. The van der Waals surface area contributed by atoms with Gasteiger partial charge in [0.2, 0.25) is 0 Å². The predicted octanol–water partition coefficient (Wildman–Crippen LogP) is 2.69. The van der Waals surface area contributed by atoms with Crippen LogP contribution in [0.4, 0.5) is 5.82 Å². The van der Waals surface area contributed by atoms with E-state index in [1.54, 1.807) is 19.6 Å². The van der Waals surface area contributed by atoms with Crippen LogP contribution in [-0.4, -0.2) is 31.8 Å². The number of hydrogen-bond acceptors (Lipinski definition) is 4. The van der Waals surface area contributed by atoms with E-state index < -0.39 is 0 Å². The van der Waals surface area contributed by atoms with Crippen LogP contribution >= 0.6 is 0 Å². The number of nitrogens with zero attached hydrogens (tertiary/aromatic N) is 2. The van der Waals surface area contributed by atoms with Crippen molar-refractivity contribution in [3.63, 3.8) is 0 Å². The van der Waals surface area contributed by atoms with Crippen LogP contribution in [-0.2, 0) is 4.74 Å². The molecular weight excluding hydrogens is 216 g/mol. The Kier molecular flexibility index (Phi) is 3.98. The highest BCUT2D eigenvalue weighted by atomic mass is 16.5. The highest BCUT2D eigenvalue weighted by Crippen LogP contribution is 2.25. The first-order chi connectivity index (χ1) is 8.36. The van der Waals surface area contributed by atoms with Crippen LogP contribution < -0.4 is 4.90 Å². The number of furan rings is 1. The maximum absolute atomic E-state index is 5.39. The molecule has 92 valence electrons. The Labute approximate surface area is 101 Å². The van der Waals surface area contributed by atoms with Gasteiger partial charge in [-0.05, 0) is 18.6 Å². The van der Waals surface area contributed by atoms with Crippen LogP contribution in [0.1, 0.15) is 13.3 Å². The zero-order valence-electron chi connectivity index (χ0n) is 10.3. The SMILES string of the molecule is CCCN(CCOC)c1nccc2occc12. The zero-order chi connectivity index (χ0) is 12.1. The van der Waals surface area contributed by atoms with Gasteiger partial charge in [0.25, 0.3) is 0 Å². The van der Waals surface area contributed by atoms with Crippen LogP contribution in [0.5, 0.6) is 0 Å². The Hall–Kier alpha value is -1.55. The van der Waals surface area contributed by atoms with E-state index in [2.05, 4.69) is 16.8 Å². The molecule has 2 rings (SSSR count). The maximum atomic E-state index is 5.39. The van der Waals surface area contributed by atoms with Crippen molar-refractivity contribution >= 4 is 16.8 Å². The molecule has 0 spiro atoms. The summed E-state index contributed by atoms with van der Waals surface area (Å²) in [4.78, 5) is 6.70. The van der Waals surface area contributed by atoms with E-state index in [1.807, 2.05) is 12.1 Å². The van der Waals surface area contributed by atoms with Crippen molar-refractivity contribution in [2.75, 3.05) is 31.7 Å². The molecule has 4 heteroatoms. The first-order valence-corrected chi connectivity index (χ1v) is 5.93. The zero-order valence-corrected chi connectivity index (χ0v) is 10.3. The summed E-state index contributed by atoms with van der Waals surface area (Å²) >= 11 is 0.